The van der Waals surface area contributed by atoms with Crippen molar-refractivity contribution >= 4 is 5.91 Å². The molecule has 1 aliphatic rings. The molecule has 1 saturated heterocycles. The number of rotatable bonds is 8. The minimum Gasteiger partial charge on any atom is -0.406 e. The Labute approximate surface area is 226 Å². The summed E-state index contributed by atoms with van der Waals surface area (Å²) in [6.45, 7) is 4.69. The van der Waals surface area contributed by atoms with Crippen LogP contribution >= 0.6 is 0 Å². The highest BCUT2D eigenvalue weighted by atomic mass is 19.4. The Morgan fingerprint density at radius 3 is 2.50 bits per heavy atom. The number of nitrogens with zero attached hydrogens (tertiary/aromatic N) is 6. The molecule has 0 bridgehead atoms. The van der Waals surface area contributed by atoms with Crippen LogP contribution in [0.4, 0.5) is 17.6 Å². The third-order valence-electron chi connectivity index (χ3n) is 6.54. The van der Waals surface area contributed by atoms with Crippen LogP contribution in [0.1, 0.15) is 21.6 Å². The number of alkyl halides is 4. The number of amides is 1. The van der Waals surface area contributed by atoms with Crippen molar-refractivity contribution in [2.45, 2.75) is 19.8 Å². The van der Waals surface area contributed by atoms with Crippen molar-refractivity contribution in [2.24, 2.45) is 0 Å². The smallest absolute Gasteiger partial charge is 0.406 e. The van der Waals surface area contributed by atoms with Gasteiger partial charge in [-0.15, -0.1) is 13.2 Å². The minimum absolute atomic E-state index is 0.0592. The largest absolute Gasteiger partial charge is 0.573 e. The van der Waals surface area contributed by atoms with Gasteiger partial charge < -0.3 is 14.2 Å². The number of aryl methyl sites for hydroxylation is 1. The van der Waals surface area contributed by atoms with Gasteiger partial charge in [0, 0.05) is 49.5 Å². The van der Waals surface area contributed by atoms with Crippen molar-refractivity contribution in [3.05, 3.63) is 71.4 Å². The van der Waals surface area contributed by atoms with Crippen molar-refractivity contribution in [3.63, 3.8) is 0 Å². The van der Waals surface area contributed by atoms with Crippen LogP contribution in [0.2, 0.25) is 0 Å². The first-order valence-electron chi connectivity index (χ1n) is 12.6. The molecule has 4 aromatic rings. The second-order valence-electron chi connectivity index (χ2n) is 9.35. The molecule has 0 radical (unpaired) electrons. The van der Waals surface area contributed by atoms with E-state index in [0.717, 1.165) is 11.3 Å². The molecule has 1 fully saturated rings. The Hall–Kier alpha value is -4.26. The summed E-state index contributed by atoms with van der Waals surface area (Å²) in [6, 6.07) is 14.3. The van der Waals surface area contributed by atoms with Crippen LogP contribution in [0.5, 0.6) is 5.75 Å². The van der Waals surface area contributed by atoms with Gasteiger partial charge in [-0.3, -0.25) is 14.4 Å². The molecule has 0 saturated carbocycles. The highest BCUT2D eigenvalue weighted by molar-refractivity contribution is 5.94. The summed E-state index contributed by atoms with van der Waals surface area (Å²) in [4.78, 5) is 21.2. The predicted molar refractivity (Wildman–Crippen MR) is 136 cm³/mol. The van der Waals surface area contributed by atoms with Crippen molar-refractivity contribution in [2.75, 3.05) is 39.4 Å². The van der Waals surface area contributed by atoms with Crippen LogP contribution < -0.4 is 4.74 Å². The van der Waals surface area contributed by atoms with Gasteiger partial charge in [0.25, 0.3) is 11.8 Å². The molecule has 5 rings (SSSR count). The average Bonchev–Trinajstić information content (AvgIpc) is 3.56. The highest BCUT2D eigenvalue weighted by Crippen LogP contribution is 2.27. The molecule has 2 aromatic heterocycles. The molecule has 2 aromatic carbocycles. The highest BCUT2D eigenvalue weighted by Gasteiger charge is 2.31. The fraction of sp³-hybridized carbons (Fsp3) is 0.333. The van der Waals surface area contributed by atoms with E-state index in [0.29, 0.717) is 56.1 Å². The van der Waals surface area contributed by atoms with Crippen molar-refractivity contribution in [1.82, 2.24) is 29.7 Å². The first-order chi connectivity index (χ1) is 19.2. The molecule has 9 nitrogen and oxygen atoms in total. The first-order valence-corrected chi connectivity index (χ1v) is 12.6. The summed E-state index contributed by atoms with van der Waals surface area (Å²) in [7, 11) is 0. The van der Waals surface area contributed by atoms with Crippen LogP contribution in [0.25, 0.3) is 23.0 Å². The van der Waals surface area contributed by atoms with E-state index in [4.69, 9.17) is 4.52 Å². The van der Waals surface area contributed by atoms with E-state index in [1.165, 1.54) is 24.3 Å². The van der Waals surface area contributed by atoms with Gasteiger partial charge in [-0.2, -0.15) is 10.1 Å². The molecule has 0 aliphatic carbocycles. The topological polar surface area (TPSA) is 89.5 Å². The van der Waals surface area contributed by atoms with E-state index in [1.807, 2.05) is 30.0 Å². The summed E-state index contributed by atoms with van der Waals surface area (Å²) in [5.41, 5.74) is 3.17. The predicted octanol–water partition coefficient (Wildman–Crippen LogP) is 4.58. The Morgan fingerprint density at radius 1 is 1.05 bits per heavy atom. The van der Waals surface area contributed by atoms with Gasteiger partial charge in [0.05, 0.1) is 6.54 Å². The zero-order valence-corrected chi connectivity index (χ0v) is 21.6. The van der Waals surface area contributed by atoms with E-state index in [9.17, 15) is 22.4 Å². The SMILES string of the molecule is Cc1cc(-c2nc(-c3ccc(OC(F)(F)F)cc3)no2)nn1Cc1cccc(C(=O)N2CCN(CCF)CC2)c1. The quantitative estimate of drug-likeness (QED) is 0.293. The standard InChI is InChI=1S/C27H26F4N6O3/c1-18-15-23(25-32-24(34-40-25)20-5-7-22(8-6-20)39-27(29,30)31)33-37(18)17-19-3-2-4-21(16-19)26(38)36-13-11-35(10-9-28)12-14-36/h2-8,15-16H,9-14,17H2,1H3. The van der Waals surface area contributed by atoms with Gasteiger partial charge in [-0.25, -0.2) is 4.39 Å². The van der Waals surface area contributed by atoms with Crippen LogP contribution in [-0.4, -0.2) is 81.4 Å². The number of carbonyl (C=O) groups excluding carboxylic acids is 1. The molecule has 0 spiro atoms. The third kappa shape index (κ3) is 6.47. The van der Waals surface area contributed by atoms with Crippen molar-refractivity contribution in [3.8, 4) is 28.7 Å². The van der Waals surface area contributed by atoms with E-state index in [2.05, 4.69) is 20.0 Å². The first kappa shape index (κ1) is 27.3. The number of benzene rings is 2. The molecular formula is C27H26F4N6O3. The van der Waals surface area contributed by atoms with Crippen LogP contribution in [0, 0.1) is 6.92 Å². The van der Waals surface area contributed by atoms with E-state index in [-0.39, 0.29) is 23.4 Å². The van der Waals surface area contributed by atoms with E-state index < -0.39 is 13.0 Å². The van der Waals surface area contributed by atoms with Gasteiger partial charge in [-0.1, -0.05) is 17.3 Å². The number of ether oxygens (including phenoxy) is 1. The number of halogens is 4. The Kier molecular flexibility index (Phi) is 7.83. The lowest BCUT2D eigenvalue weighted by molar-refractivity contribution is -0.274. The molecule has 0 atom stereocenters. The fourth-order valence-electron chi connectivity index (χ4n) is 4.48. The Morgan fingerprint density at radius 2 is 1.80 bits per heavy atom. The number of aromatic nitrogens is 4. The lowest BCUT2D eigenvalue weighted by Crippen LogP contribution is -2.49. The van der Waals surface area contributed by atoms with Crippen molar-refractivity contribution < 1.29 is 31.6 Å². The molecule has 210 valence electrons. The van der Waals surface area contributed by atoms with Gasteiger partial charge in [0.1, 0.15) is 12.4 Å². The van der Waals surface area contributed by atoms with Crippen LogP contribution in [-0.2, 0) is 6.54 Å². The number of carbonyl (C=O) groups is 1. The molecule has 1 amide bonds. The van der Waals surface area contributed by atoms with Crippen molar-refractivity contribution in [1.29, 1.82) is 0 Å². The van der Waals surface area contributed by atoms with E-state index in [1.54, 1.807) is 21.7 Å². The van der Waals surface area contributed by atoms with Crippen LogP contribution in [0.3, 0.4) is 0 Å². The monoisotopic (exact) mass is 558 g/mol. The summed E-state index contributed by atoms with van der Waals surface area (Å²) >= 11 is 0. The molecule has 0 unspecified atom stereocenters. The van der Waals surface area contributed by atoms with Gasteiger partial charge in [0.15, 0.2) is 5.69 Å². The molecule has 1 aliphatic heterocycles. The Bertz CT molecular complexity index is 1460. The van der Waals surface area contributed by atoms with Gasteiger partial charge in [0.2, 0.25) is 5.82 Å². The molecular weight excluding hydrogens is 532 g/mol. The normalized spacial score (nSPS) is 14.5. The zero-order chi connectivity index (χ0) is 28.3. The Balaban J connectivity index is 1.25. The number of hydrogen-bond donors (Lipinski definition) is 0. The second kappa shape index (κ2) is 11.5. The molecule has 40 heavy (non-hydrogen) atoms. The average molecular weight is 559 g/mol. The van der Waals surface area contributed by atoms with E-state index >= 15 is 0 Å². The number of piperazine rings is 1. The molecule has 0 N–H and O–H groups in total. The lowest BCUT2D eigenvalue weighted by atomic mass is 10.1. The van der Waals surface area contributed by atoms with Gasteiger partial charge in [-0.05, 0) is 55.0 Å². The van der Waals surface area contributed by atoms with Crippen LogP contribution in [0.15, 0.2) is 59.1 Å². The summed E-state index contributed by atoms with van der Waals surface area (Å²) < 4.78 is 60.8. The maximum Gasteiger partial charge on any atom is 0.573 e. The zero-order valence-electron chi connectivity index (χ0n) is 21.6. The second-order valence-corrected chi connectivity index (χ2v) is 9.35. The molecule has 13 heteroatoms. The minimum atomic E-state index is -4.78. The maximum atomic E-state index is 13.1. The fourth-order valence-corrected chi connectivity index (χ4v) is 4.48. The summed E-state index contributed by atoms with van der Waals surface area (Å²) in [6.07, 6.45) is -4.78. The van der Waals surface area contributed by atoms with Gasteiger partial charge >= 0.3 is 6.36 Å². The summed E-state index contributed by atoms with van der Waals surface area (Å²) in [5.74, 6) is -0.0620. The lowest BCUT2D eigenvalue weighted by Gasteiger charge is -2.34. The third-order valence-corrected chi connectivity index (χ3v) is 6.54. The molecule has 3 heterocycles. The number of hydrogen-bond acceptors (Lipinski definition) is 7. The summed E-state index contributed by atoms with van der Waals surface area (Å²) in [5, 5.41) is 8.49. The maximum absolute atomic E-state index is 13.1.